The minimum Gasteiger partial charge on any atom is -0.355 e. The third-order valence-corrected chi connectivity index (χ3v) is 3.40. The molecule has 0 aliphatic carbocycles. The van der Waals surface area contributed by atoms with Crippen molar-refractivity contribution < 1.29 is 0 Å². The van der Waals surface area contributed by atoms with Crippen molar-refractivity contribution in [2.24, 2.45) is 0 Å². The van der Waals surface area contributed by atoms with Gasteiger partial charge in [0.25, 0.3) is 0 Å². The van der Waals surface area contributed by atoms with Crippen molar-refractivity contribution in [3.05, 3.63) is 59.7 Å². The van der Waals surface area contributed by atoms with Crippen LogP contribution in [0.25, 0.3) is 0 Å². The molecule has 0 radical (unpaired) electrons. The first-order chi connectivity index (χ1) is 8.38. The highest BCUT2D eigenvalue weighted by Crippen LogP contribution is 2.34. The minimum atomic E-state index is 0.377. The van der Waals surface area contributed by atoms with Crippen LogP contribution in [0.4, 0.5) is 11.4 Å². The molecule has 17 heavy (non-hydrogen) atoms. The third kappa shape index (κ3) is 1.81. The first kappa shape index (κ1) is 10.4. The van der Waals surface area contributed by atoms with Crippen molar-refractivity contribution in [3.63, 3.8) is 0 Å². The van der Waals surface area contributed by atoms with Crippen molar-refractivity contribution in [3.8, 4) is 0 Å². The quantitative estimate of drug-likeness (QED) is 0.777. The molecule has 0 saturated carbocycles. The zero-order chi connectivity index (χ0) is 11.7. The maximum atomic E-state index is 3.53. The van der Waals surface area contributed by atoms with Crippen LogP contribution in [0, 0.1) is 0 Å². The van der Waals surface area contributed by atoms with Gasteiger partial charge in [-0.3, -0.25) is 0 Å². The molecule has 0 amide bonds. The predicted molar refractivity (Wildman–Crippen MR) is 71.7 cm³/mol. The van der Waals surface area contributed by atoms with Crippen LogP contribution >= 0.6 is 0 Å². The van der Waals surface area contributed by atoms with Gasteiger partial charge in [-0.25, -0.2) is 0 Å². The Bertz CT molecular complexity index is 534. The molecule has 1 heterocycles. The maximum Gasteiger partial charge on any atom is 0.0432 e. The molecular formula is C15H16N2. The summed E-state index contributed by atoms with van der Waals surface area (Å²) in [5, 5.41) is 6.93. The topological polar surface area (TPSA) is 24.1 Å². The molecule has 2 aromatic carbocycles. The van der Waals surface area contributed by atoms with Crippen LogP contribution in [0.15, 0.2) is 48.5 Å². The van der Waals surface area contributed by atoms with E-state index in [9.17, 15) is 0 Å². The number of nitrogens with one attached hydrogen (secondary N) is 2. The van der Waals surface area contributed by atoms with Crippen molar-refractivity contribution in [1.82, 2.24) is 5.32 Å². The van der Waals surface area contributed by atoms with Crippen LogP contribution in [0.1, 0.15) is 17.2 Å². The van der Waals surface area contributed by atoms with Gasteiger partial charge < -0.3 is 10.6 Å². The number of likely N-dealkylation sites (N-methyl/N-ethyl adjacent to an activating group) is 1. The van der Waals surface area contributed by atoms with E-state index in [0.29, 0.717) is 6.04 Å². The Morgan fingerprint density at radius 1 is 1.00 bits per heavy atom. The molecule has 1 aliphatic rings. The fourth-order valence-corrected chi connectivity index (χ4v) is 2.47. The van der Waals surface area contributed by atoms with Gasteiger partial charge in [-0.2, -0.15) is 0 Å². The molecule has 0 fully saturated rings. The predicted octanol–water partition coefficient (Wildman–Crippen LogP) is 3.25. The molecule has 1 atom stereocenters. The summed E-state index contributed by atoms with van der Waals surface area (Å²) in [6.45, 7) is 0. The highest BCUT2D eigenvalue weighted by atomic mass is 14.9. The normalized spacial score (nSPS) is 17.6. The molecule has 0 saturated heterocycles. The Labute approximate surface area is 102 Å². The molecule has 1 aliphatic heterocycles. The summed E-state index contributed by atoms with van der Waals surface area (Å²) in [7, 11) is 2.02. The summed E-state index contributed by atoms with van der Waals surface area (Å²) < 4.78 is 0. The molecule has 2 aromatic rings. The molecule has 0 aromatic heterocycles. The van der Waals surface area contributed by atoms with Crippen LogP contribution in [0.5, 0.6) is 0 Å². The van der Waals surface area contributed by atoms with Gasteiger partial charge in [-0.1, -0.05) is 36.4 Å². The van der Waals surface area contributed by atoms with Crippen molar-refractivity contribution in [1.29, 1.82) is 0 Å². The molecule has 2 nitrogen and oxygen atoms in total. The zero-order valence-corrected chi connectivity index (χ0v) is 9.90. The summed E-state index contributed by atoms with van der Waals surface area (Å²) in [5.41, 5.74) is 5.13. The number of rotatable bonds is 1. The standard InChI is InChI=1S/C15H16N2/c1-16-15-10-11-6-2-4-8-13(11)17-14-9-5-3-7-12(14)15/h2-9,15-17H,10H2,1H3. The van der Waals surface area contributed by atoms with E-state index in [1.807, 2.05) is 7.05 Å². The van der Waals surface area contributed by atoms with Gasteiger partial charge in [0.1, 0.15) is 0 Å². The van der Waals surface area contributed by atoms with Crippen LogP contribution in [0.2, 0.25) is 0 Å². The van der Waals surface area contributed by atoms with E-state index >= 15 is 0 Å². The van der Waals surface area contributed by atoms with Gasteiger partial charge in [0, 0.05) is 17.4 Å². The Morgan fingerprint density at radius 2 is 1.71 bits per heavy atom. The molecule has 2 heteroatoms. The van der Waals surface area contributed by atoms with E-state index in [0.717, 1.165) is 6.42 Å². The molecule has 2 N–H and O–H groups in total. The highest BCUT2D eigenvalue weighted by Gasteiger charge is 2.19. The fraction of sp³-hybridized carbons (Fsp3) is 0.200. The monoisotopic (exact) mass is 224 g/mol. The summed E-state index contributed by atoms with van der Waals surface area (Å²) in [5.74, 6) is 0. The largest absolute Gasteiger partial charge is 0.355 e. The average Bonchev–Trinajstić information content (AvgIpc) is 2.54. The Morgan fingerprint density at radius 3 is 2.53 bits per heavy atom. The maximum absolute atomic E-state index is 3.53. The Kier molecular flexibility index (Phi) is 2.57. The van der Waals surface area contributed by atoms with E-state index in [-0.39, 0.29) is 0 Å². The Hall–Kier alpha value is -1.80. The molecular weight excluding hydrogens is 208 g/mol. The number of benzene rings is 2. The van der Waals surface area contributed by atoms with E-state index in [1.165, 1.54) is 22.5 Å². The number of hydrogen-bond acceptors (Lipinski definition) is 2. The summed E-state index contributed by atoms with van der Waals surface area (Å²) in [4.78, 5) is 0. The second-order valence-corrected chi connectivity index (χ2v) is 4.41. The molecule has 0 spiro atoms. The summed E-state index contributed by atoms with van der Waals surface area (Å²) in [6.07, 6.45) is 1.02. The van der Waals surface area contributed by atoms with Crippen LogP contribution in [-0.2, 0) is 6.42 Å². The van der Waals surface area contributed by atoms with Crippen molar-refractivity contribution in [2.45, 2.75) is 12.5 Å². The van der Waals surface area contributed by atoms with Crippen LogP contribution in [0.3, 0.4) is 0 Å². The average molecular weight is 224 g/mol. The number of anilines is 2. The van der Waals surface area contributed by atoms with Crippen LogP contribution in [-0.4, -0.2) is 7.05 Å². The second-order valence-electron chi connectivity index (χ2n) is 4.41. The van der Waals surface area contributed by atoms with Crippen LogP contribution < -0.4 is 10.6 Å². The first-order valence-electron chi connectivity index (χ1n) is 5.99. The lowest BCUT2D eigenvalue weighted by atomic mass is 9.99. The first-order valence-corrected chi connectivity index (χ1v) is 5.99. The van der Waals surface area contributed by atoms with Gasteiger partial charge >= 0.3 is 0 Å². The van der Waals surface area contributed by atoms with Gasteiger partial charge in [0.2, 0.25) is 0 Å². The molecule has 86 valence electrons. The molecule has 3 rings (SSSR count). The summed E-state index contributed by atoms with van der Waals surface area (Å²) >= 11 is 0. The fourth-order valence-electron chi connectivity index (χ4n) is 2.47. The van der Waals surface area contributed by atoms with Crippen molar-refractivity contribution >= 4 is 11.4 Å². The summed E-state index contributed by atoms with van der Waals surface area (Å²) in [6, 6.07) is 17.4. The zero-order valence-electron chi connectivity index (χ0n) is 9.90. The number of hydrogen-bond donors (Lipinski definition) is 2. The van der Waals surface area contributed by atoms with E-state index in [4.69, 9.17) is 0 Å². The minimum absolute atomic E-state index is 0.377. The SMILES string of the molecule is CNC1Cc2ccccc2Nc2ccccc21. The van der Waals surface area contributed by atoms with Gasteiger partial charge in [-0.05, 0) is 36.7 Å². The second kappa shape index (κ2) is 4.22. The number of fused-ring (bicyclic) bond motifs is 2. The third-order valence-electron chi connectivity index (χ3n) is 3.40. The van der Waals surface area contributed by atoms with E-state index in [2.05, 4.69) is 59.2 Å². The molecule has 1 unspecified atom stereocenters. The lowest BCUT2D eigenvalue weighted by molar-refractivity contribution is 0.597. The Balaban J connectivity index is 2.13. The highest BCUT2D eigenvalue weighted by molar-refractivity contribution is 5.68. The van der Waals surface area contributed by atoms with E-state index in [1.54, 1.807) is 0 Å². The lowest BCUT2D eigenvalue weighted by Gasteiger charge is -2.16. The van der Waals surface area contributed by atoms with Crippen molar-refractivity contribution in [2.75, 3.05) is 12.4 Å². The van der Waals surface area contributed by atoms with E-state index < -0.39 is 0 Å². The smallest absolute Gasteiger partial charge is 0.0432 e. The van der Waals surface area contributed by atoms with Gasteiger partial charge in [0.05, 0.1) is 0 Å². The number of para-hydroxylation sites is 2. The lowest BCUT2D eigenvalue weighted by Crippen LogP contribution is -2.18. The molecule has 0 bridgehead atoms. The van der Waals surface area contributed by atoms with Gasteiger partial charge in [0.15, 0.2) is 0 Å². The van der Waals surface area contributed by atoms with Gasteiger partial charge in [-0.15, -0.1) is 0 Å².